The molecular weight excluding hydrogens is 370 g/mol. The third-order valence-corrected chi connectivity index (χ3v) is 4.74. The molecular formula is C21H25N5O3. The Morgan fingerprint density at radius 2 is 1.90 bits per heavy atom. The quantitative estimate of drug-likeness (QED) is 0.618. The fraction of sp³-hybridized carbons (Fsp3) is 0.381. The van der Waals surface area contributed by atoms with E-state index in [-0.39, 0.29) is 17.6 Å². The van der Waals surface area contributed by atoms with Crippen LogP contribution in [0.15, 0.2) is 36.4 Å². The van der Waals surface area contributed by atoms with Crippen LogP contribution >= 0.6 is 0 Å². The summed E-state index contributed by atoms with van der Waals surface area (Å²) in [4.78, 5) is 33.1. The molecule has 3 aromatic rings. The smallest absolute Gasteiger partial charge is 0.379 e. The number of aromatic nitrogens is 4. The van der Waals surface area contributed by atoms with Crippen LogP contribution in [0, 0.1) is 13.8 Å². The van der Waals surface area contributed by atoms with Gasteiger partial charge in [0.15, 0.2) is 6.10 Å². The number of esters is 1. The Labute approximate surface area is 169 Å². The van der Waals surface area contributed by atoms with Crippen LogP contribution in [-0.2, 0) is 9.53 Å². The molecule has 0 saturated heterocycles. The summed E-state index contributed by atoms with van der Waals surface area (Å²) in [6.45, 7) is 7.75. The maximum atomic E-state index is 12.4. The lowest BCUT2D eigenvalue weighted by atomic mass is 9.96. The molecule has 0 aliphatic rings. The Morgan fingerprint density at radius 1 is 1.17 bits per heavy atom. The molecule has 2 atom stereocenters. The van der Waals surface area contributed by atoms with Gasteiger partial charge in [-0.25, -0.2) is 14.3 Å². The lowest BCUT2D eigenvalue weighted by Gasteiger charge is -2.18. The zero-order chi connectivity index (χ0) is 21.0. The first-order chi connectivity index (χ1) is 13.9. The van der Waals surface area contributed by atoms with E-state index in [1.807, 2.05) is 50.2 Å². The van der Waals surface area contributed by atoms with Gasteiger partial charge in [0, 0.05) is 23.9 Å². The van der Waals surface area contributed by atoms with E-state index in [0.29, 0.717) is 12.3 Å². The number of ether oxygens (including phenoxy) is 1. The molecule has 1 N–H and O–H groups in total. The van der Waals surface area contributed by atoms with Crippen LogP contribution < -0.4 is 5.32 Å². The zero-order valence-electron chi connectivity index (χ0n) is 17.0. The van der Waals surface area contributed by atoms with E-state index in [4.69, 9.17) is 4.74 Å². The average molecular weight is 395 g/mol. The van der Waals surface area contributed by atoms with E-state index in [2.05, 4.69) is 27.3 Å². The van der Waals surface area contributed by atoms with Gasteiger partial charge in [-0.15, -0.1) is 5.10 Å². The highest BCUT2D eigenvalue weighted by Gasteiger charge is 2.23. The Hall–Kier alpha value is -3.29. The SMILES string of the molecule is CC[C@@H](CNC(=O)[C@@H](C)OC(=O)c1nc2nc(C)cc(C)n2n1)c1ccccc1. The van der Waals surface area contributed by atoms with Crippen molar-refractivity contribution in [2.24, 2.45) is 0 Å². The molecule has 29 heavy (non-hydrogen) atoms. The van der Waals surface area contributed by atoms with Crippen LogP contribution in [0.1, 0.15) is 53.8 Å². The van der Waals surface area contributed by atoms with Gasteiger partial charge < -0.3 is 10.1 Å². The van der Waals surface area contributed by atoms with Crippen molar-refractivity contribution in [3.05, 3.63) is 59.2 Å². The van der Waals surface area contributed by atoms with E-state index in [1.54, 1.807) is 0 Å². The number of carbonyl (C=O) groups excluding carboxylic acids is 2. The molecule has 0 fully saturated rings. The molecule has 0 saturated carbocycles. The van der Waals surface area contributed by atoms with Crippen molar-refractivity contribution in [2.75, 3.05) is 6.54 Å². The molecule has 0 radical (unpaired) electrons. The number of aryl methyl sites for hydroxylation is 2. The highest BCUT2D eigenvalue weighted by molar-refractivity contribution is 5.89. The lowest BCUT2D eigenvalue weighted by molar-refractivity contribution is -0.129. The molecule has 8 heteroatoms. The number of nitrogens with one attached hydrogen (secondary N) is 1. The van der Waals surface area contributed by atoms with Crippen LogP contribution in [0.4, 0.5) is 0 Å². The molecule has 152 valence electrons. The number of nitrogens with zero attached hydrogens (tertiary/aromatic N) is 4. The first-order valence-corrected chi connectivity index (χ1v) is 9.63. The van der Waals surface area contributed by atoms with Gasteiger partial charge in [-0.3, -0.25) is 4.79 Å². The molecule has 0 aliphatic heterocycles. The van der Waals surface area contributed by atoms with Crippen molar-refractivity contribution >= 4 is 17.7 Å². The van der Waals surface area contributed by atoms with E-state index >= 15 is 0 Å². The van der Waals surface area contributed by atoms with Gasteiger partial charge in [0.1, 0.15) is 0 Å². The molecule has 0 bridgehead atoms. The van der Waals surface area contributed by atoms with Crippen molar-refractivity contribution in [3.8, 4) is 0 Å². The summed E-state index contributed by atoms with van der Waals surface area (Å²) in [7, 11) is 0. The minimum Gasteiger partial charge on any atom is -0.447 e. The fourth-order valence-electron chi connectivity index (χ4n) is 3.11. The molecule has 0 unspecified atom stereocenters. The first kappa shape index (κ1) is 20.4. The van der Waals surface area contributed by atoms with Crippen LogP contribution in [0.5, 0.6) is 0 Å². The van der Waals surface area contributed by atoms with Crippen LogP contribution in [0.2, 0.25) is 0 Å². The molecule has 0 aliphatic carbocycles. The van der Waals surface area contributed by atoms with Crippen LogP contribution in [0.3, 0.4) is 0 Å². The molecule has 1 aromatic carbocycles. The van der Waals surface area contributed by atoms with Crippen molar-refractivity contribution in [2.45, 2.75) is 46.1 Å². The third kappa shape index (κ3) is 4.77. The number of benzene rings is 1. The highest BCUT2D eigenvalue weighted by atomic mass is 16.5. The van der Waals surface area contributed by atoms with Gasteiger partial charge in [0.2, 0.25) is 0 Å². The number of hydrogen-bond donors (Lipinski definition) is 1. The van der Waals surface area contributed by atoms with Gasteiger partial charge >= 0.3 is 5.97 Å². The Balaban J connectivity index is 1.60. The standard InChI is InChI=1S/C21H25N5O3/c1-5-16(17-9-7-6-8-10-17)12-22-19(27)15(4)29-20(28)18-24-21-23-13(2)11-14(3)26(21)25-18/h6-11,15-16H,5,12H2,1-4H3,(H,22,27)/t15-,16+/m1/s1. The van der Waals surface area contributed by atoms with Gasteiger partial charge in [-0.05, 0) is 38.8 Å². The van der Waals surface area contributed by atoms with E-state index in [1.165, 1.54) is 11.4 Å². The predicted molar refractivity (Wildman–Crippen MR) is 108 cm³/mol. The van der Waals surface area contributed by atoms with Crippen molar-refractivity contribution < 1.29 is 14.3 Å². The summed E-state index contributed by atoms with van der Waals surface area (Å²) in [6, 6.07) is 11.8. The van der Waals surface area contributed by atoms with Gasteiger partial charge in [-0.2, -0.15) is 4.98 Å². The minimum absolute atomic E-state index is 0.124. The minimum atomic E-state index is -0.960. The van der Waals surface area contributed by atoms with Crippen molar-refractivity contribution in [1.29, 1.82) is 0 Å². The molecule has 3 rings (SSSR count). The monoisotopic (exact) mass is 395 g/mol. The molecule has 2 heterocycles. The number of carbonyl (C=O) groups is 2. The topological polar surface area (TPSA) is 98.5 Å². The molecule has 0 spiro atoms. The Morgan fingerprint density at radius 3 is 2.59 bits per heavy atom. The van der Waals surface area contributed by atoms with Gasteiger partial charge in [-0.1, -0.05) is 37.3 Å². The highest BCUT2D eigenvalue weighted by Crippen LogP contribution is 2.18. The summed E-state index contributed by atoms with van der Waals surface area (Å²) in [5.74, 6) is -0.728. The summed E-state index contributed by atoms with van der Waals surface area (Å²) in [5, 5.41) is 6.99. The Kier molecular flexibility index (Phi) is 6.21. The predicted octanol–water partition coefficient (Wildman–Crippen LogP) is 2.60. The normalized spacial score (nSPS) is 13.1. The van der Waals surface area contributed by atoms with Crippen molar-refractivity contribution in [3.63, 3.8) is 0 Å². The van der Waals surface area contributed by atoms with Crippen LogP contribution in [-0.4, -0.2) is 44.1 Å². The van der Waals surface area contributed by atoms with E-state index < -0.39 is 12.1 Å². The number of amides is 1. The maximum Gasteiger partial charge on any atom is 0.379 e. The number of hydrogen-bond acceptors (Lipinski definition) is 6. The lowest BCUT2D eigenvalue weighted by Crippen LogP contribution is -2.38. The fourth-order valence-corrected chi connectivity index (χ4v) is 3.11. The summed E-state index contributed by atoms with van der Waals surface area (Å²) in [6.07, 6.45) is -0.0757. The zero-order valence-corrected chi connectivity index (χ0v) is 17.0. The Bertz CT molecular complexity index is 1020. The maximum absolute atomic E-state index is 12.4. The first-order valence-electron chi connectivity index (χ1n) is 9.63. The van der Waals surface area contributed by atoms with Crippen LogP contribution in [0.25, 0.3) is 5.78 Å². The summed E-state index contributed by atoms with van der Waals surface area (Å²) >= 11 is 0. The second-order valence-electron chi connectivity index (χ2n) is 6.99. The van der Waals surface area contributed by atoms with E-state index in [0.717, 1.165) is 23.4 Å². The number of rotatable bonds is 7. The summed E-state index contributed by atoms with van der Waals surface area (Å²) in [5.41, 5.74) is 2.74. The third-order valence-electron chi connectivity index (χ3n) is 4.74. The van der Waals surface area contributed by atoms with Gasteiger partial charge in [0.05, 0.1) is 0 Å². The largest absolute Gasteiger partial charge is 0.447 e. The van der Waals surface area contributed by atoms with E-state index in [9.17, 15) is 9.59 Å². The average Bonchev–Trinajstić information content (AvgIpc) is 3.13. The van der Waals surface area contributed by atoms with Crippen molar-refractivity contribution in [1.82, 2.24) is 24.9 Å². The molecule has 8 nitrogen and oxygen atoms in total. The summed E-state index contributed by atoms with van der Waals surface area (Å²) < 4.78 is 6.72. The number of fused-ring (bicyclic) bond motifs is 1. The van der Waals surface area contributed by atoms with Gasteiger partial charge in [0.25, 0.3) is 17.5 Å². The molecule has 1 amide bonds. The second kappa shape index (κ2) is 8.81. The molecule has 2 aromatic heterocycles. The second-order valence-corrected chi connectivity index (χ2v) is 6.99.